The first-order valence-electron chi connectivity index (χ1n) is 8.72. The molecule has 1 aliphatic rings. The van der Waals surface area contributed by atoms with Gasteiger partial charge in [-0.1, -0.05) is 11.3 Å². The topological polar surface area (TPSA) is 94.9 Å². The monoisotopic (exact) mass is 353 g/mol. The highest BCUT2D eigenvalue weighted by molar-refractivity contribution is 5.78. The molecule has 3 aromatic rings. The molecule has 0 saturated carbocycles. The van der Waals surface area contributed by atoms with E-state index in [-0.39, 0.29) is 17.7 Å². The summed E-state index contributed by atoms with van der Waals surface area (Å²) in [6, 6.07) is 6.19. The number of fused-ring (bicyclic) bond motifs is 1. The maximum absolute atomic E-state index is 12.0. The number of rotatable bonds is 4. The summed E-state index contributed by atoms with van der Waals surface area (Å²) in [6.07, 6.45) is 1.87. The molecule has 0 aliphatic carbocycles. The van der Waals surface area contributed by atoms with Gasteiger partial charge in [-0.05, 0) is 30.2 Å². The zero-order valence-electron chi connectivity index (χ0n) is 15.3. The SMILES string of the molecule is Cc1c([C@H]2CN(Cc3ccc4c(c3)nnn4C)C[C@@H]2C(N)=O)cnn1C. The number of likely N-dealkylation sites (tertiary alicyclic amines) is 1. The van der Waals surface area contributed by atoms with Crippen molar-refractivity contribution in [1.29, 1.82) is 0 Å². The van der Waals surface area contributed by atoms with Crippen molar-refractivity contribution in [2.45, 2.75) is 19.4 Å². The fourth-order valence-corrected chi connectivity index (χ4v) is 3.94. The van der Waals surface area contributed by atoms with Crippen LogP contribution in [0.3, 0.4) is 0 Å². The Labute approximate surface area is 151 Å². The second-order valence-electron chi connectivity index (χ2n) is 7.15. The highest BCUT2D eigenvalue weighted by Crippen LogP contribution is 2.35. The first kappa shape index (κ1) is 16.7. The van der Waals surface area contributed by atoms with E-state index >= 15 is 0 Å². The molecule has 4 rings (SSSR count). The van der Waals surface area contributed by atoms with Crippen LogP contribution in [-0.2, 0) is 25.4 Å². The van der Waals surface area contributed by atoms with Gasteiger partial charge >= 0.3 is 0 Å². The Kier molecular flexibility index (Phi) is 3.99. The van der Waals surface area contributed by atoms with E-state index in [2.05, 4.69) is 32.4 Å². The molecule has 2 N–H and O–H groups in total. The number of carbonyl (C=O) groups is 1. The molecular formula is C18H23N7O. The van der Waals surface area contributed by atoms with Crippen LogP contribution in [0, 0.1) is 12.8 Å². The van der Waals surface area contributed by atoms with Crippen LogP contribution in [-0.4, -0.2) is 48.7 Å². The lowest BCUT2D eigenvalue weighted by Gasteiger charge is -2.16. The van der Waals surface area contributed by atoms with Crippen LogP contribution in [0.2, 0.25) is 0 Å². The predicted octanol–water partition coefficient (Wildman–Crippen LogP) is 0.711. The number of aryl methyl sites for hydroxylation is 2. The Morgan fingerprint density at radius 2 is 2.08 bits per heavy atom. The summed E-state index contributed by atoms with van der Waals surface area (Å²) in [4.78, 5) is 14.3. The molecule has 0 bridgehead atoms. The van der Waals surface area contributed by atoms with E-state index in [4.69, 9.17) is 5.73 Å². The van der Waals surface area contributed by atoms with E-state index in [1.54, 1.807) is 4.68 Å². The van der Waals surface area contributed by atoms with Crippen molar-refractivity contribution in [3.8, 4) is 0 Å². The average molecular weight is 353 g/mol. The molecule has 1 fully saturated rings. The summed E-state index contributed by atoms with van der Waals surface area (Å²) in [6.45, 7) is 4.24. The lowest BCUT2D eigenvalue weighted by atomic mass is 9.89. The van der Waals surface area contributed by atoms with Crippen molar-refractivity contribution >= 4 is 16.9 Å². The Bertz CT molecular complexity index is 973. The van der Waals surface area contributed by atoms with Crippen LogP contribution in [0.15, 0.2) is 24.4 Å². The van der Waals surface area contributed by atoms with Gasteiger partial charge in [0.2, 0.25) is 5.91 Å². The molecule has 8 nitrogen and oxygen atoms in total. The van der Waals surface area contributed by atoms with Crippen molar-refractivity contribution in [2.24, 2.45) is 25.7 Å². The van der Waals surface area contributed by atoms with Crippen LogP contribution in [0.25, 0.3) is 11.0 Å². The third-order valence-electron chi connectivity index (χ3n) is 5.51. The van der Waals surface area contributed by atoms with Crippen LogP contribution in [0.4, 0.5) is 0 Å². The molecule has 136 valence electrons. The Hall–Kier alpha value is -2.74. The number of nitrogens with two attached hydrogens (primary N) is 1. The summed E-state index contributed by atoms with van der Waals surface area (Å²) >= 11 is 0. The predicted molar refractivity (Wildman–Crippen MR) is 97.2 cm³/mol. The van der Waals surface area contributed by atoms with Gasteiger partial charge in [-0.25, -0.2) is 4.68 Å². The fraction of sp³-hybridized carbons (Fsp3) is 0.444. The number of hydrogen-bond donors (Lipinski definition) is 1. The Balaban J connectivity index is 1.57. The van der Waals surface area contributed by atoms with Gasteiger partial charge in [-0.15, -0.1) is 5.10 Å². The van der Waals surface area contributed by atoms with Crippen LogP contribution in [0.1, 0.15) is 22.7 Å². The van der Waals surface area contributed by atoms with Crippen LogP contribution in [0.5, 0.6) is 0 Å². The van der Waals surface area contributed by atoms with Crippen molar-refractivity contribution in [3.63, 3.8) is 0 Å². The molecule has 26 heavy (non-hydrogen) atoms. The smallest absolute Gasteiger partial charge is 0.222 e. The standard InChI is InChI=1S/C18H23N7O/c1-11-13(7-20-23(11)2)14-9-25(10-15(14)18(19)26)8-12-4-5-17-16(6-12)21-22-24(17)3/h4-7,14-15H,8-10H2,1-3H3,(H2,19,26)/t14-,15+/m1/s1. The first-order chi connectivity index (χ1) is 12.4. The zero-order valence-corrected chi connectivity index (χ0v) is 15.3. The molecule has 1 amide bonds. The first-order valence-corrected chi connectivity index (χ1v) is 8.72. The molecule has 0 unspecified atom stereocenters. The quantitative estimate of drug-likeness (QED) is 0.745. The number of amides is 1. The molecule has 0 spiro atoms. The largest absolute Gasteiger partial charge is 0.369 e. The van der Waals surface area contributed by atoms with Crippen molar-refractivity contribution < 1.29 is 4.79 Å². The van der Waals surface area contributed by atoms with Crippen molar-refractivity contribution in [2.75, 3.05) is 13.1 Å². The third-order valence-corrected chi connectivity index (χ3v) is 5.51. The molecule has 1 aliphatic heterocycles. The number of aromatic nitrogens is 5. The zero-order chi connectivity index (χ0) is 18.4. The highest BCUT2D eigenvalue weighted by Gasteiger charge is 2.38. The van der Waals surface area contributed by atoms with Gasteiger partial charge in [0.05, 0.1) is 17.6 Å². The summed E-state index contributed by atoms with van der Waals surface area (Å²) in [7, 11) is 3.80. The van der Waals surface area contributed by atoms with E-state index < -0.39 is 0 Å². The van der Waals surface area contributed by atoms with Gasteiger partial charge in [-0.3, -0.25) is 14.4 Å². The van der Waals surface area contributed by atoms with E-state index in [0.717, 1.165) is 40.9 Å². The number of nitrogens with zero attached hydrogens (tertiary/aromatic N) is 6. The Morgan fingerprint density at radius 3 is 2.77 bits per heavy atom. The highest BCUT2D eigenvalue weighted by atomic mass is 16.1. The summed E-state index contributed by atoms with van der Waals surface area (Å²) < 4.78 is 3.61. The lowest BCUT2D eigenvalue weighted by molar-refractivity contribution is -0.121. The van der Waals surface area contributed by atoms with Gasteiger partial charge < -0.3 is 5.73 Å². The molecule has 2 aromatic heterocycles. The third kappa shape index (κ3) is 2.76. The van der Waals surface area contributed by atoms with Gasteiger partial charge in [0.25, 0.3) is 0 Å². The summed E-state index contributed by atoms with van der Waals surface area (Å²) in [5, 5.41) is 12.6. The number of carbonyl (C=O) groups excluding carboxylic acids is 1. The van der Waals surface area contributed by atoms with Crippen molar-refractivity contribution in [3.05, 3.63) is 41.2 Å². The number of hydrogen-bond acceptors (Lipinski definition) is 5. The fourth-order valence-electron chi connectivity index (χ4n) is 3.94. The summed E-state index contributed by atoms with van der Waals surface area (Å²) in [5.41, 5.74) is 11.0. The molecule has 1 saturated heterocycles. The molecular weight excluding hydrogens is 330 g/mol. The van der Waals surface area contributed by atoms with Gasteiger partial charge in [0.15, 0.2) is 0 Å². The minimum Gasteiger partial charge on any atom is -0.369 e. The minimum atomic E-state index is -0.245. The van der Waals surface area contributed by atoms with Crippen LogP contribution >= 0.6 is 0 Å². The van der Waals surface area contributed by atoms with Gasteiger partial charge in [-0.2, -0.15) is 5.10 Å². The van der Waals surface area contributed by atoms with E-state index in [9.17, 15) is 4.79 Å². The second-order valence-corrected chi connectivity index (χ2v) is 7.15. The summed E-state index contributed by atoms with van der Waals surface area (Å²) in [5.74, 6) is -0.357. The average Bonchev–Trinajstić information content (AvgIpc) is 3.27. The lowest BCUT2D eigenvalue weighted by Crippen LogP contribution is -2.29. The van der Waals surface area contributed by atoms with Crippen molar-refractivity contribution in [1.82, 2.24) is 29.7 Å². The molecule has 3 heterocycles. The second kappa shape index (κ2) is 6.21. The molecule has 2 atom stereocenters. The van der Waals surface area contributed by atoms with E-state index in [0.29, 0.717) is 6.54 Å². The van der Waals surface area contributed by atoms with Gasteiger partial charge in [0, 0.05) is 45.3 Å². The van der Waals surface area contributed by atoms with Gasteiger partial charge in [0.1, 0.15) is 5.52 Å². The van der Waals surface area contributed by atoms with Crippen LogP contribution < -0.4 is 5.73 Å². The maximum atomic E-state index is 12.0. The Morgan fingerprint density at radius 1 is 1.27 bits per heavy atom. The molecule has 1 aromatic carbocycles. The minimum absolute atomic E-state index is 0.0847. The number of benzene rings is 1. The maximum Gasteiger partial charge on any atom is 0.222 e. The van der Waals surface area contributed by atoms with E-state index in [1.807, 2.05) is 38.0 Å². The molecule has 8 heteroatoms. The molecule has 0 radical (unpaired) electrons. The normalized spacial score (nSPS) is 20.9. The van der Waals surface area contributed by atoms with E-state index in [1.165, 1.54) is 0 Å². The number of primary amides is 1.